The minimum Gasteiger partial charge on any atom is -0.508 e. The number of carbonyl (C=O) groups is 1. The second kappa shape index (κ2) is 9.17. The topological polar surface area (TPSA) is 80.5 Å². The fraction of sp³-hybridized carbons (Fsp3) is 0.571. The predicted octanol–water partition coefficient (Wildman–Crippen LogP) is 3.32. The molecule has 4 rings (SSSR count). The second-order valence-corrected chi connectivity index (χ2v) is 8.76. The third-order valence-corrected chi connectivity index (χ3v) is 6.65. The van der Waals surface area contributed by atoms with E-state index in [-0.39, 0.29) is 17.8 Å². The summed E-state index contributed by atoms with van der Waals surface area (Å²) in [5.41, 5.74) is 0.885. The molecule has 1 aromatic heterocycles. The number of carbonyl (C=O) groups excluding carboxylic acids is 1. The van der Waals surface area contributed by atoms with E-state index in [1.165, 1.54) is 18.2 Å². The Morgan fingerprint density at radius 3 is 2.76 bits per heavy atom. The van der Waals surface area contributed by atoms with Crippen LogP contribution in [0.2, 0.25) is 0 Å². The third kappa shape index (κ3) is 4.75. The van der Waals surface area contributed by atoms with Gasteiger partial charge in [0.2, 0.25) is 5.91 Å². The Morgan fingerprint density at radius 1 is 1.21 bits per heavy atom. The van der Waals surface area contributed by atoms with Crippen LogP contribution in [-0.2, 0) is 16.1 Å². The van der Waals surface area contributed by atoms with Crippen molar-refractivity contribution in [1.29, 1.82) is 0 Å². The Hall–Kier alpha value is -2.06. The Balaban J connectivity index is 1.52. The van der Waals surface area contributed by atoms with Gasteiger partial charge < -0.3 is 14.7 Å². The van der Waals surface area contributed by atoms with E-state index in [0.29, 0.717) is 18.3 Å². The standard InChI is InChI=1S/C21H28N4O3S/c1-15-5-2-3-11-24(15)19(27)14-29-21-23-22-20(16-7-9-17(26)10-8-16)25(21)13-18-6-4-12-28-18/h7-10,15,18,26H,2-6,11-14H2,1H3/t15-,18-/m0/s1. The number of likely N-dealkylation sites (tertiary alicyclic amines) is 1. The summed E-state index contributed by atoms with van der Waals surface area (Å²) in [6.45, 7) is 4.43. The number of hydrogen-bond donors (Lipinski definition) is 1. The molecule has 2 fully saturated rings. The number of aromatic nitrogens is 3. The molecule has 2 aliphatic rings. The first kappa shape index (κ1) is 20.2. The summed E-state index contributed by atoms with van der Waals surface area (Å²) in [6, 6.07) is 7.28. The van der Waals surface area contributed by atoms with E-state index in [1.807, 2.05) is 17.0 Å². The monoisotopic (exact) mass is 416 g/mol. The summed E-state index contributed by atoms with van der Waals surface area (Å²) in [5, 5.41) is 19.1. The minimum absolute atomic E-state index is 0.138. The molecule has 29 heavy (non-hydrogen) atoms. The molecule has 156 valence electrons. The average Bonchev–Trinajstić information content (AvgIpc) is 3.38. The number of piperidine rings is 1. The molecule has 0 unspecified atom stereocenters. The van der Waals surface area contributed by atoms with Gasteiger partial charge in [-0.15, -0.1) is 10.2 Å². The molecule has 1 aromatic carbocycles. The molecule has 7 nitrogen and oxygen atoms in total. The van der Waals surface area contributed by atoms with E-state index < -0.39 is 0 Å². The van der Waals surface area contributed by atoms with Gasteiger partial charge in [-0.2, -0.15) is 0 Å². The number of ether oxygens (including phenoxy) is 1. The Bertz CT molecular complexity index is 833. The molecule has 1 amide bonds. The van der Waals surface area contributed by atoms with E-state index in [9.17, 15) is 9.90 Å². The van der Waals surface area contributed by atoms with Gasteiger partial charge in [0.25, 0.3) is 0 Å². The maximum atomic E-state index is 12.7. The van der Waals surface area contributed by atoms with Crippen LogP contribution in [0.15, 0.2) is 29.4 Å². The lowest BCUT2D eigenvalue weighted by Gasteiger charge is -2.33. The zero-order valence-electron chi connectivity index (χ0n) is 16.8. The van der Waals surface area contributed by atoms with Crippen LogP contribution in [0.4, 0.5) is 0 Å². The number of phenols is 1. The maximum absolute atomic E-state index is 12.7. The highest BCUT2D eigenvalue weighted by Crippen LogP contribution is 2.28. The average molecular weight is 417 g/mol. The number of hydrogen-bond acceptors (Lipinski definition) is 6. The SMILES string of the molecule is C[C@H]1CCCCN1C(=O)CSc1nnc(-c2ccc(O)cc2)n1C[C@@H]1CCCO1. The van der Waals surface area contributed by atoms with Crippen LogP contribution in [0.1, 0.15) is 39.0 Å². The number of amides is 1. The summed E-state index contributed by atoms with van der Waals surface area (Å²) in [7, 11) is 0. The molecule has 0 saturated carbocycles. The van der Waals surface area contributed by atoms with Crippen LogP contribution in [0.3, 0.4) is 0 Å². The molecule has 0 bridgehead atoms. The number of benzene rings is 1. The van der Waals surface area contributed by atoms with Gasteiger partial charge in [0.1, 0.15) is 5.75 Å². The van der Waals surface area contributed by atoms with Crippen molar-refractivity contribution in [3.8, 4) is 17.1 Å². The number of rotatable bonds is 6. The lowest BCUT2D eigenvalue weighted by atomic mass is 10.0. The quantitative estimate of drug-likeness (QED) is 0.728. The first-order valence-electron chi connectivity index (χ1n) is 10.4. The first-order valence-corrected chi connectivity index (χ1v) is 11.4. The Labute approximate surface area is 175 Å². The molecular weight excluding hydrogens is 388 g/mol. The Kier molecular flexibility index (Phi) is 6.40. The molecular formula is C21H28N4O3S. The first-order chi connectivity index (χ1) is 14.1. The van der Waals surface area contributed by atoms with E-state index in [0.717, 1.165) is 55.4 Å². The number of phenolic OH excluding ortho intramolecular Hbond substituents is 1. The second-order valence-electron chi connectivity index (χ2n) is 7.82. The third-order valence-electron chi connectivity index (χ3n) is 5.70. The van der Waals surface area contributed by atoms with Gasteiger partial charge >= 0.3 is 0 Å². The normalized spacial score (nSPS) is 22.2. The summed E-state index contributed by atoms with van der Waals surface area (Å²) < 4.78 is 7.88. The van der Waals surface area contributed by atoms with Crippen molar-refractivity contribution < 1.29 is 14.6 Å². The zero-order chi connectivity index (χ0) is 20.2. The van der Waals surface area contributed by atoms with Crippen molar-refractivity contribution in [2.45, 2.75) is 62.9 Å². The van der Waals surface area contributed by atoms with Crippen molar-refractivity contribution in [2.75, 3.05) is 18.9 Å². The van der Waals surface area contributed by atoms with Crippen LogP contribution in [0.25, 0.3) is 11.4 Å². The predicted molar refractivity (Wildman–Crippen MR) is 112 cm³/mol. The highest BCUT2D eigenvalue weighted by molar-refractivity contribution is 7.99. The van der Waals surface area contributed by atoms with Crippen LogP contribution < -0.4 is 0 Å². The van der Waals surface area contributed by atoms with Gasteiger partial charge in [-0.3, -0.25) is 9.36 Å². The molecule has 0 aliphatic carbocycles. The van der Waals surface area contributed by atoms with Crippen molar-refractivity contribution >= 4 is 17.7 Å². The van der Waals surface area contributed by atoms with Gasteiger partial charge in [-0.05, 0) is 63.3 Å². The van der Waals surface area contributed by atoms with Gasteiger partial charge in [0, 0.05) is 24.8 Å². The van der Waals surface area contributed by atoms with Crippen molar-refractivity contribution in [3.63, 3.8) is 0 Å². The molecule has 2 aromatic rings. The van der Waals surface area contributed by atoms with E-state index in [4.69, 9.17) is 4.74 Å². The molecule has 0 radical (unpaired) electrons. The molecule has 2 atom stereocenters. The van der Waals surface area contributed by atoms with Crippen LogP contribution in [-0.4, -0.2) is 61.7 Å². The van der Waals surface area contributed by atoms with E-state index >= 15 is 0 Å². The largest absolute Gasteiger partial charge is 0.508 e. The highest BCUT2D eigenvalue weighted by atomic mass is 32.2. The molecule has 3 heterocycles. The smallest absolute Gasteiger partial charge is 0.233 e. The van der Waals surface area contributed by atoms with Crippen LogP contribution >= 0.6 is 11.8 Å². The van der Waals surface area contributed by atoms with Crippen molar-refractivity contribution in [1.82, 2.24) is 19.7 Å². The lowest BCUT2D eigenvalue weighted by molar-refractivity contribution is -0.131. The summed E-state index contributed by atoms with van der Waals surface area (Å²) in [4.78, 5) is 14.7. The molecule has 8 heteroatoms. The number of nitrogens with zero attached hydrogens (tertiary/aromatic N) is 4. The van der Waals surface area contributed by atoms with Gasteiger partial charge in [-0.25, -0.2) is 0 Å². The molecule has 0 spiro atoms. The Morgan fingerprint density at radius 2 is 2.03 bits per heavy atom. The fourth-order valence-electron chi connectivity index (χ4n) is 4.05. The summed E-state index contributed by atoms with van der Waals surface area (Å²) in [5.74, 6) is 1.49. The molecule has 2 aliphatic heterocycles. The number of aromatic hydroxyl groups is 1. The fourth-order valence-corrected chi connectivity index (χ4v) is 4.89. The molecule has 2 saturated heterocycles. The van der Waals surface area contributed by atoms with E-state index in [1.54, 1.807) is 12.1 Å². The summed E-state index contributed by atoms with van der Waals surface area (Å²) in [6.07, 6.45) is 5.58. The van der Waals surface area contributed by atoms with Crippen LogP contribution in [0.5, 0.6) is 5.75 Å². The minimum atomic E-state index is 0.138. The van der Waals surface area contributed by atoms with E-state index in [2.05, 4.69) is 21.7 Å². The van der Waals surface area contributed by atoms with Gasteiger partial charge in [-0.1, -0.05) is 11.8 Å². The maximum Gasteiger partial charge on any atom is 0.233 e. The van der Waals surface area contributed by atoms with Crippen molar-refractivity contribution in [2.24, 2.45) is 0 Å². The van der Waals surface area contributed by atoms with Crippen molar-refractivity contribution in [3.05, 3.63) is 24.3 Å². The highest BCUT2D eigenvalue weighted by Gasteiger charge is 2.25. The van der Waals surface area contributed by atoms with Gasteiger partial charge in [0.05, 0.1) is 18.4 Å². The van der Waals surface area contributed by atoms with Gasteiger partial charge in [0.15, 0.2) is 11.0 Å². The summed E-state index contributed by atoms with van der Waals surface area (Å²) >= 11 is 1.45. The lowest BCUT2D eigenvalue weighted by Crippen LogP contribution is -2.43. The zero-order valence-corrected chi connectivity index (χ0v) is 17.6. The van der Waals surface area contributed by atoms with Crippen LogP contribution in [0, 0.1) is 0 Å². The number of thioether (sulfide) groups is 1. The molecule has 1 N–H and O–H groups in total.